The molecule has 2 atom stereocenters. The Kier molecular flexibility index (Phi) is 4.52. The lowest BCUT2D eigenvalue weighted by Gasteiger charge is -2.41. The molecule has 19 heavy (non-hydrogen) atoms. The van der Waals surface area contributed by atoms with Crippen molar-refractivity contribution in [3.05, 3.63) is 34.6 Å². The van der Waals surface area contributed by atoms with Crippen molar-refractivity contribution < 1.29 is 9.50 Å². The molecule has 0 amide bonds. The van der Waals surface area contributed by atoms with Gasteiger partial charge in [-0.05, 0) is 48.3 Å². The van der Waals surface area contributed by atoms with Gasteiger partial charge in [-0.3, -0.25) is 0 Å². The third-order valence-electron chi connectivity index (χ3n) is 4.48. The molecule has 2 unspecified atom stereocenters. The Morgan fingerprint density at radius 2 is 2.16 bits per heavy atom. The highest BCUT2D eigenvalue weighted by Crippen LogP contribution is 2.42. The lowest BCUT2D eigenvalue weighted by atomic mass is 9.66. The minimum Gasteiger partial charge on any atom is -0.392 e. The average molecular weight is 285 g/mol. The molecular weight excluding hydrogens is 263 g/mol. The van der Waals surface area contributed by atoms with Crippen LogP contribution >= 0.6 is 11.6 Å². The van der Waals surface area contributed by atoms with Gasteiger partial charge in [0.25, 0.3) is 0 Å². The van der Waals surface area contributed by atoms with E-state index in [1.54, 1.807) is 12.1 Å². The van der Waals surface area contributed by atoms with E-state index in [2.05, 4.69) is 13.8 Å². The van der Waals surface area contributed by atoms with Crippen LogP contribution < -0.4 is 0 Å². The van der Waals surface area contributed by atoms with Crippen molar-refractivity contribution in [2.24, 2.45) is 11.3 Å². The van der Waals surface area contributed by atoms with Crippen LogP contribution in [0.25, 0.3) is 0 Å². The summed E-state index contributed by atoms with van der Waals surface area (Å²) in [6.45, 7) is 4.45. The smallest absolute Gasteiger partial charge is 0.142 e. The molecule has 1 aromatic carbocycles. The van der Waals surface area contributed by atoms with E-state index in [1.807, 2.05) is 0 Å². The predicted molar refractivity (Wildman–Crippen MR) is 76.9 cm³/mol. The second kappa shape index (κ2) is 5.80. The van der Waals surface area contributed by atoms with Crippen LogP contribution in [-0.2, 0) is 6.42 Å². The minimum absolute atomic E-state index is 0.135. The van der Waals surface area contributed by atoms with Crippen LogP contribution in [0.5, 0.6) is 0 Å². The first-order chi connectivity index (χ1) is 8.90. The molecule has 0 aromatic heterocycles. The third kappa shape index (κ3) is 3.49. The first-order valence-electron chi connectivity index (χ1n) is 7.02. The van der Waals surface area contributed by atoms with Crippen LogP contribution in [0.1, 0.15) is 45.1 Å². The topological polar surface area (TPSA) is 20.2 Å². The van der Waals surface area contributed by atoms with Crippen molar-refractivity contribution >= 4 is 11.6 Å². The Bertz CT molecular complexity index is 444. The fourth-order valence-corrected chi connectivity index (χ4v) is 3.40. The van der Waals surface area contributed by atoms with Crippen LogP contribution in [0.2, 0.25) is 5.02 Å². The Balaban J connectivity index is 2.07. The van der Waals surface area contributed by atoms with Gasteiger partial charge < -0.3 is 5.11 Å². The lowest BCUT2D eigenvalue weighted by molar-refractivity contribution is 0.00578. The molecule has 0 heterocycles. The molecule has 0 saturated heterocycles. The van der Waals surface area contributed by atoms with Gasteiger partial charge in [0, 0.05) is 0 Å². The van der Waals surface area contributed by atoms with Crippen molar-refractivity contribution in [1.29, 1.82) is 0 Å². The summed E-state index contributed by atoms with van der Waals surface area (Å²) < 4.78 is 13.4. The van der Waals surface area contributed by atoms with E-state index in [-0.39, 0.29) is 10.4 Å². The van der Waals surface area contributed by atoms with Gasteiger partial charge in [0.1, 0.15) is 5.82 Å². The Labute approximate surface area is 119 Å². The van der Waals surface area contributed by atoms with E-state index in [0.717, 1.165) is 18.4 Å². The van der Waals surface area contributed by atoms with Gasteiger partial charge in [0.15, 0.2) is 0 Å². The van der Waals surface area contributed by atoms with E-state index < -0.39 is 11.9 Å². The first-order valence-corrected chi connectivity index (χ1v) is 7.40. The third-order valence-corrected chi connectivity index (χ3v) is 4.79. The molecule has 1 N–H and O–H groups in total. The molecule has 1 saturated carbocycles. The number of aliphatic hydroxyl groups is 1. The van der Waals surface area contributed by atoms with E-state index in [1.165, 1.54) is 18.9 Å². The van der Waals surface area contributed by atoms with Crippen molar-refractivity contribution in [2.45, 2.75) is 52.1 Å². The number of rotatable bonds is 3. The number of halogens is 2. The van der Waals surface area contributed by atoms with Crippen LogP contribution in [0.15, 0.2) is 18.2 Å². The van der Waals surface area contributed by atoms with E-state index in [9.17, 15) is 9.50 Å². The summed E-state index contributed by atoms with van der Waals surface area (Å²) in [7, 11) is 0. The zero-order chi connectivity index (χ0) is 14.0. The van der Waals surface area contributed by atoms with Crippen molar-refractivity contribution in [3.63, 3.8) is 0 Å². The molecule has 1 aliphatic carbocycles. The molecule has 3 heteroatoms. The van der Waals surface area contributed by atoms with Gasteiger partial charge in [0.2, 0.25) is 0 Å². The highest BCUT2D eigenvalue weighted by Gasteiger charge is 2.36. The molecule has 0 spiro atoms. The van der Waals surface area contributed by atoms with Crippen LogP contribution in [0.4, 0.5) is 4.39 Å². The van der Waals surface area contributed by atoms with Gasteiger partial charge >= 0.3 is 0 Å². The monoisotopic (exact) mass is 284 g/mol. The highest BCUT2D eigenvalue weighted by molar-refractivity contribution is 6.30. The summed E-state index contributed by atoms with van der Waals surface area (Å²) in [6.07, 6.45) is 4.73. The highest BCUT2D eigenvalue weighted by atomic mass is 35.5. The molecular formula is C16H22ClFO. The molecule has 1 aliphatic rings. The van der Waals surface area contributed by atoms with Gasteiger partial charge in [-0.1, -0.05) is 44.4 Å². The summed E-state index contributed by atoms with van der Waals surface area (Å²) in [4.78, 5) is 0. The maximum Gasteiger partial charge on any atom is 0.142 e. The van der Waals surface area contributed by atoms with Gasteiger partial charge in [-0.2, -0.15) is 0 Å². The number of hydrogen-bond acceptors (Lipinski definition) is 1. The van der Waals surface area contributed by atoms with Gasteiger partial charge in [-0.15, -0.1) is 0 Å². The summed E-state index contributed by atoms with van der Waals surface area (Å²) in [5.41, 5.74) is 0.985. The Morgan fingerprint density at radius 3 is 2.79 bits per heavy atom. The maximum atomic E-state index is 13.4. The summed E-state index contributed by atoms with van der Waals surface area (Å²) in [5, 5.41) is 10.6. The van der Waals surface area contributed by atoms with Crippen LogP contribution in [-0.4, -0.2) is 11.2 Å². The normalized spacial score (nSPS) is 24.2. The maximum absolute atomic E-state index is 13.4. The fraction of sp³-hybridized carbons (Fsp3) is 0.625. The molecule has 1 nitrogen and oxygen atoms in total. The van der Waals surface area contributed by atoms with Crippen molar-refractivity contribution in [1.82, 2.24) is 0 Å². The van der Waals surface area contributed by atoms with E-state index in [4.69, 9.17) is 11.6 Å². The lowest BCUT2D eigenvalue weighted by Crippen LogP contribution is -2.37. The predicted octanol–water partition coefficient (Wildman–Crippen LogP) is 4.60. The van der Waals surface area contributed by atoms with Crippen molar-refractivity contribution in [2.75, 3.05) is 0 Å². The number of hydrogen-bond donors (Lipinski definition) is 1. The second-order valence-electron chi connectivity index (χ2n) is 6.36. The summed E-state index contributed by atoms with van der Waals surface area (Å²) in [5.74, 6) is -0.116. The van der Waals surface area contributed by atoms with Gasteiger partial charge in [-0.25, -0.2) is 4.39 Å². The quantitative estimate of drug-likeness (QED) is 0.860. The van der Waals surface area contributed by atoms with Crippen molar-refractivity contribution in [3.8, 4) is 0 Å². The van der Waals surface area contributed by atoms with E-state index >= 15 is 0 Å². The standard InChI is InChI=1S/C16H22ClFO/c1-16(2)8-4-3-5-12(16)15(19)10-11-6-7-13(17)14(18)9-11/h6-7,9,12,15,19H,3-5,8,10H2,1-2H3. The number of benzene rings is 1. The molecule has 0 radical (unpaired) electrons. The molecule has 2 rings (SSSR count). The number of aliphatic hydroxyl groups excluding tert-OH is 1. The average Bonchev–Trinajstić information content (AvgIpc) is 2.33. The Morgan fingerprint density at radius 1 is 1.42 bits per heavy atom. The fourth-order valence-electron chi connectivity index (χ4n) is 3.28. The molecule has 0 aliphatic heterocycles. The molecule has 1 aromatic rings. The minimum atomic E-state index is -0.408. The molecule has 1 fully saturated rings. The first kappa shape index (κ1) is 14.8. The van der Waals surface area contributed by atoms with Gasteiger partial charge in [0.05, 0.1) is 11.1 Å². The SMILES string of the molecule is CC1(C)CCCCC1C(O)Cc1ccc(Cl)c(F)c1. The zero-order valence-corrected chi connectivity index (χ0v) is 12.4. The molecule has 0 bridgehead atoms. The van der Waals surface area contributed by atoms with Crippen LogP contribution in [0, 0.1) is 17.2 Å². The van der Waals surface area contributed by atoms with E-state index in [0.29, 0.717) is 12.3 Å². The molecule has 106 valence electrons. The largest absolute Gasteiger partial charge is 0.392 e. The zero-order valence-electron chi connectivity index (χ0n) is 11.6. The Hall–Kier alpha value is -0.600. The second-order valence-corrected chi connectivity index (χ2v) is 6.77. The summed E-state index contributed by atoms with van der Waals surface area (Å²) in [6, 6.07) is 4.79. The summed E-state index contributed by atoms with van der Waals surface area (Å²) >= 11 is 5.67. The van der Waals surface area contributed by atoms with Crippen LogP contribution in [0.3, 0.4) is 0 Å².